The normalized spacial score (nSPS) is 19.4. The lowest BCUT2D eigenvalue weighted by atomic mass is 9.97. The van der Waals surface area contributed by atoms with E-state index in [2.05, 4.69) is 37.7 Å². The highest BCUT2D eigenvalue weighted by Gasteiger charge is 2.31. The van der Waals surface area contributed by atoms with Crippen LogP contribution in [0.15, 0.2) is 0 Å². The van der Waals surface area contributed by atoms with Gasteiger partial charge < -0.3 is 5.11 Å². The van der Waals surface area contributed by atoms with Crippen LogP contribution in [0.1, 0.15) is 53.4 Å². The molecule has 1 aliphatic rings. The van der Waals surface area contributed by atoms with Crippen LogP contribution >= 0.6 is 0 Å². The molecule has 1 aliphatic heterocycles. The Hall–Kier alpha value is -0.610. The average molecular weight is 256 g/mol. The van der Waals surface area contributed by atoms with Gasteiger partial charge in [0.25, 0.3) is 0 Å². The molecular weight excluding hydrogens is 228 g/mol. The number of piperidine rings is 1. The molecule has 106 valence electrons. The van der Waals surface area contributed by atoms with Crippen LogP contribution < -0.4 is 0 Å². The van der Waals surface area contributed by atoms with Crippen molar-refractivity contribution >= 4 is 5.97 Å². The minimum atomic E-state index is -0.634. The fraction of sp³-hybridized carbons (Fsp3) is 0.929. The monoisotopic (exact) mass is 256 g/mol. The van der Waals surface area contributed by atoms with Gasteiger partial charge in [0.2, 0.25) is 0 Å². The Morgan fingerprint density at radius 2 is 1.89 bits per heavy atom. The summed E-state index contributed by atoms with van der Waals surface area (Å²) in [6, 6.07) is 0. The fourth-order valence-corrected chi connectivity index (χ4v) is 2.56. The highest BCUT2D eigenvalue weighted by molar-refractivity contribution is 5.70. The molecule has 0 unspecified atom stereocenters. The van der Waals surface area contributed by atoms with Crippen molar-refractivity contribution < 1.29 is 9.90 Å². The van der Waals surface area contributed by atoms with Gasteiger partial charge >= 0.3 is 5.97 Å². The third-order valence-corrected chi connectivity index (χ3v) is 3.66. The van der Waals surface area contributed by atoms with E-state index >= 15 is 0 Å². The number of rotatable bonds is 5. The van der Waals surface area contributed by atoms with Crippen molar-refractivity contribution in [3.05, 3.63) is 0 Å². The van der Waals surface area contributed by atoms with Gasteiger partial charge in [0.1, 0.15) is 0 Å². The van der Waals surface area contributed by atoms with Crippen molar-refractivity contribution in [3.8, 4) is 0 Å². The van der Waals surface area contributed by atoms with Crippen LogP contribution in [0.25, 0.3) is 0 Å². The summed E-state index contributed by atoms with van der Waals surface area (Å²) in [4.78, 5) is 11.0. The number of hydrogen-bond donors (Lipinski definition) is 1. The molecule has 0 aromatic carbocycles. The lowest BCUT2D eigenvalue weighted by Gasteiger charge is -2.46. The van der Waals surface area contributed by atoms with E-state index < -0.39 is 5.97 Å². The Morgan fingerprint density at radius 3 is 2.28 bits per heavy atom. The molecule has 0 aromatic heterocycles. The van der Waals surface area contributed by atoms with E-state index in [0.717, 1.165) is 32.5 Å². The number of carboxylic acid groups (broad SMARTS) is 1. The maximum absolute atomic E-state index is 11.0. The lowest BCUT2D eigenvalue weighted by molar-refractivity contribution is -0.149. The molecule has 0 atom stereocenters. The van der Waals surface area contributed by atoms with E-state index in [1.165, 1.54) is 12.8 Å². The molecule has 0 saturated carbocycles. The first kappa shape index (κ1) is 15.4. The maximum Gasteiger partial charge on any atom is 0.306 e. The van der Waals surface area contributed by atoms with Crippen molar-refractivity contribution in [2.45, 2.75) is 58.9 Å². The molecule has 1 rings (SSSR count). The summed E-state index contributed by atoms with van der Waals surface area (Å²) in [5.41, 5.74) is 0.116. The molecule has 0 amide bonds. The summed E-state index contributed by atoms with van der Waals surface area (Å²) in [6.07, 6.45) is 3.93. The number of carboxylic acids is 1. The van der Waals surface area contributed by atoms with Gasteiger partial charge in [-0.1, -0.05) is 13.3 Å². The smallest absolute Gasteiger partial charge is 0.306 e. The van der Waals surface area contributed by atoms with Gasteiger partial charge in [-0.25, -0.2) is 10.0 Å². The highest BCUT2D eigenvalue weighted by atomic mass is 16.4. The van der Waals surface area contributed by atoms with Crippen LogP contribution in [0.4, 0.5) is 0 Å². The van der Waals surface area contributed by atoms with Gasteiger partial charge in [0, 0.05) is 25.2 Å². The molecule has 0 aliphatic carbocycles. The molecule has 1 N–H and O–H groups in total. The highest BCUT2D eigenvalue weighted by Crippen LogP contribution is 2.24. The molecule has 1 fully saturated rings. The van der Waals surface area contributed by atoms with E-state index in [9.17, 15) is 4.79 Å². The maximum atomic E-state index is 11.0. The summed E-state index contributed by atoms with van der Waals surface area (Å²) in [5, 5.41) is 13.8. The summed E-state index contributed by atoms with van der Waals surface area (Å²) in [5.74, 6) is -0.778. The van der Waals surface area contributed by atoms with E-state index in [1.807, 2.05) is 0 Å². The van der Waals surface area contributed by atoms with Crippen LogP contribution in [0.5, 0.6) is 0 Å². The Morgan fingerprint density at radius 1 is 1.33 bits per heavy atom. The van der Waals surface area contributed by atoms with Crippen LogP contribution in [0, 0.1) is 5.92 Å². The number of hydrogen-bond acceptors (Lipinski definition) is 3. The minimum Gasteiger partial charge on any atom is -0.481 e. The summed E-state index contributed by atoms with van der Waals surface area (Å²) in [6.45, 7) is 11.7. The standard InChI is InChI=1S/C14H28N2O2/c1-5-6-9-16(14(2,3)4)15-10-7-12(8-11-15)13(17)18/h12H,5-11H2,1-4H3,(H,17,18). The Bertz CT molecular complexity index is 265. The van der Waals surface area contributed by atoms with Crippen LogP contribution in [0.2, 0.25) is 0 Å². The van der Waals surface area contributed by atoms with Crippen molar-refractivity contribution in [2.75, 3.05) is 19.6 Å². The van der Waals surface area contributed by atoms with Gasteiger partial charge in [-0.05, 0) is 40.0 Å². The van der Waals surface area contributed by atoms with Crippen LogP contribution in [-0.4, -0.2) is 46.3 Å². The number of carbonyl (C=O) groups is 1. The van der Waals surface area contributed by atoms with Gasteiger partial charge in [-0.2, -0.15) is 0 Å². The Kier molecular flexibility index (Phi) is 5.60. The molecule has 0 aromatic rings. The first-order chi connectivity index (χ1) is 8.36. The predicted octanol–water partition coefficient (Wildman–Crippen LogP) is 2.60. The third-order valence-electron chi connectivity index (χ3n) is 3.66. The van der Waals surface area contributed by atoms with Crippen molar-refractivity contribution in [1.29, 1.82) is 0 Å². The van der Waals surface area contributed by atoms with Gasteiger partial charge in [-0.15, -0.1) is 0 Å². The first-order valence-corrected chi connectivity index (χ1v) is 7.11. The topological polar surface area (TPSA) is 43.8 Å². The number of aliphatic carboxylic acids is 1. The molecule has 1 saturated heterocycles. The van der Waals surface area contributed by atoms with E-state index in [4.69, 9.17) is 5.11 Å². The molecule has 0 bridgehead atoms. The van der Waals surface area contributed by atoms with E-state index in [-0.39, 0.29) is 11.5 Å². The SMILES string of the molecule is CCCCN(N1CCC(C(=O)O)CC1)C(C)(C)C. The van der Waals surface area contributed by atoms with Gasteiger partial charge in [-0.3, -0.25) is 4.79 Å². The van der Waals surface area contributed by atoms with Gasteiger partial charge in [0.05, 0.1) is 5.92 Å². The van der Waals surface area contributed by atoms with Crippen molar-refractivity contribution in [1.82, 2.24) is 10.0 Å². The largest absolute Gasteiger partial charge is 0.481 e. The molecule has 0 radical (unpaired) electrons. The zero-order valence-corrected chi connectivity index (χ0v) is 12.3. The second-order valence-corrected chi connectivity index (χ2v) is 6.21. The van der Waals surface area contributed by atoms with E-state index in [1.54, 1.807) is 0 Å². The Labute approximate surface area is 111 Å². The second kappa shape index (κ2) is 6.53. The number of nitrogens with zero attached hydrogens (tertiary/aromatic N) is 2. The zero-order valence-electron chi connectivity index (χ0n) is 12.3. The van der Waals surface area contributed by atoms with Gasteiger partial charge in [0.15, 0.2) is 0 Å². The molecule has 1 heterocycles. The number of hydrazine groups is 1. The lowest BCUT2D eigenvalue weighted by Crippen LogP contribution is -2.56. The molecule has 18 heavy (non-hydrogen) atoms. The fourth-order valence-electron chi connectivity index (χ4n) is 2.56. The number of unbranched alkanes of at least 4 members (excludes halogenated alkanes) is 1. The first-order valence-electron chi connectivity index (χ1n) is 7.11. The van der Waals surface area contributed by atoms with E-state index in [0.29, 0.717) is 0 Å². The molecule has 0 spiro atoms. The molecule has 4 nitrogen and oxygen atoms in total. The van der Waals surface area contributed by atoms with Crippen LogP contribution in [0.3, 0.4) is 0 Å². The second-order valence-electron chi connectivity index (χ2n) is 6.21. The van der Waals surface area contributed by atoms with Crippen molar-refractivity contribution in [3.63, 3.8) is 0 Å². The zero-order chi connectivity index (χ0) is 13.8. The molecule has 4 heteroatoms. The quantitative estimate of drug-likeness (QED) is 0.821. The summed E-state index contributed by atoms with van der Waals surface area (Å²) < 4.78 is 0. The van der Waals surface area contributed by atoms with Crippen molar-refractivity contribution in [2.24, 2.45) is 5.92 Å². The van der Waals surface area contributed by atoms with Crippen LogP contribution in [-0.2, 0) is 4.79 Å². The predicted molar refractivity (Wildman–Crippen MR) is 73.3 cm³/mol. The average Bonchev–Trinajstić information content (AvgIpc) is 2.28. The summed E-state index contributed by atoms with van der Waals surface area (Å²) >= 11 is 0. The molecular formula is C14H28N2O2. The Balaban J connectivity index is 2.57. The minimum absolute atomic E-state index is 0.116. The third kappa shape index (κ3) is 4.25. The summed E-state index contributed by atoms with van der Waals surface area (Å²) in [7, 11) is 0.